The molecule has 0 radical (unpaired) electrons. The molecule has 4 nitrogen and oxygen atoms in total. The van der Waals surface area contributed by atoms with E-state index in [2.05, 4.69) is 107 Å². The Hall–Kier alpha value is -2.28. The predicted octanol–water partition coefficient (Wildman–Crippen LogP) is 7.05. The summed E-state index contributed by atoms with van der Waals surface area (Å²) in [6.45, 7) is 14.5. The van der Waals surface area contributed by atoms with Crippen LogP contribution >= 0.6 is 0 Å². The molecule has 0 spiro atoms. The number of rotatable bonds is 14. The van der Waals surface area contributed by atoms with Crippen molar-refractivity contribution in [1.29, 1.82) is 0 Å². The van der Waals surface area contributed by atoms with Crippen LogP contribution in [0.3, 0.4) is 0 Å². The Labute approximate surface area is 218 Å². The molecule has 0 fully saturated rings. The summed E-state index contributed by atoms with van der Waals surface area (Å²) in [5, 5.41) is 0.213. The van der Waals surface area contributed by atoms with Crippen LogP contribution in [-0.2, 0) is 24.2 Å². The maximum Gasteiger partial charge on any atom is 0.192 e. The second kappa shape index (κ2) is 13.3. The molecule has 194 valence electrons. The molecule has 0 saturated heterocycles. The van der Waals surface area contributed by atoms with Crippen molar-refractivity contribution >= 4 is 8.32 Å². The molecule has 0 unspecified atom stereocenters. The molecule has 36 heavy (non-hydrogen) atoms. The van der Waals surface area contributed by atoms with Crippen LogP contribution in [0.4, 0.5) is 0 Å². The third-order valence-electron chi connectivity index (χ3n) is 6.96. The zero-order valence-corrected chi connectivity index (χ0v) is 23.5. The van der Waals surface area contributed by atoms with E-state index in [4.69, 9.17) is 18.6 Å². The van der Waals surface area contributed by atoms with Gasteiger partial charge in [0.05, 0.1) is 39.6 Å². The average molecular weight is 507 g/mol. The first-order chi connectivity index (χ1) is 17.3. The highest BCUT2D eigenvalue weighted by atomic mass is 28.4. The van der Waals surface area contributed by atoms with E-state index in [1.54, 1.807) is 0 Å². The zero-order chi connectivity index (χ0) is 25.9. The zero-order valence-electron chi connectivity index (χ0n) is 22.5. The van der Waals surface area contributed by atoms with Crippen LogP contribution in [0.2, 0.25) is 18.1 Å². The van der Waals surface area contributed by atoms with E-state index in [9.17, 15) is 0 Å². The molecule has 0 aliphatic carbocycles. The molecule has 0 heterocycles. The number of ether oxygens (including phenoxy) is 3. The first-order valence-corrected chi connectivity index (χ1v) is 15.8. The third-order valence-corrected chi connectivity index (χ3v) is 11.5. The highest BCUT2D eigenvalue weighted by Crippen LogP contribution is 2.40. The topological polar surface area (TPSA) is 36.9 Å². The summed E-state index contributed by atoms with van der Waals surface area (Å²) in [5.74, 6) is 0. The minimum Gasteiger partial charge on any atom is -0.414 e. The molecule has 0 bridgehead atoms. The van der Waals surface area contributed by atoms with Crippen LogP contribution in [0.5, 0.6) is 0 Å². The molecule has 0 amide bonds. The van der Waals surface area contributed by atoms with Gasteiger partial charge in [-0.25, -0.2) is 0 Å². The lowest BCUT2D eigenvalue weighted by atomic mass is 9.80. The fourth-order valence-electron chi connectivity index (χ4n) is 3.92. The van der Waals surface area contributed by atoms with Gasteiger partial charge in [-0.15, -0.1) is 0 Å². The summed E-state index contributed by atoms with van der Waals surface area (Å²) < 4.78 is 24.5. The standard InChI is InChI=1S/C31H42O4Si/c1-30(2,3)36(4,5)35-26-24-33-22-21-32-23-25-34-31(27-15-9-6-10-16-27,28-17-11-7-12-18-28)29-19-13-8-14-20-29/h6-20H,21-26H2,1-5H3. The van der Waals surface area contributed by atoms with Gasteiger partial charge in [0.25, 0.3) is 0 Å². The molecule has 0 aliphatic heterocycles. The number of benzene rings is 3. The van der Waals surface area contributed by atoms with Gasteiger partial charge in [0.1, 0.15) is 5.60 Å². The molecular formula is C31H42O4Si. The van der Waals surface area contributed by atoms with E-state index in [0.29, 0.717) is 39.6 Å². The third kappa shape index (κ3) is 7.37. The molecule has 0 aliphatic rings. The molecule has 0 atom stereocenters. The highest BCUT2D eigenvalue weighted by molar-refractivity contribution is 6.74. The molecule has 0 saturated carbocycles. The Kier molecular flexibility index (Phi) is 10.5. The Morgan fingerprint density at radius 2 is 0.889 bits per heavy atom. The van der Waals surface area contributed by atoms with Gasteiger partial charge in [-0.3, -0.25) is 0 Å². The van der Waals surface area contributed by atoms with Crippen molar-refractivity contribution in [2.75, 3.05) is 39.6 Å². The van der Waals surface area contributed by atoms with Gasteiger partial charge in [-0.05, 0) is 34.8 Å². The first kappa shape index (κ1) is 28.3. The van der Waals surface area contributed by atoms with Crippen molar-refractivity contribution in [2.24, 2.45) is 0 Å². The Bertz CT molecular complexity index is 904. The minimum atomic E-state index is -1.72. The second-order valence-corrected chi connectivity index (χ2v) is 15.3. The summed E-state index contributed by atoms with van der Waals surface area (Å²) in [4.78, 5) is 0. The average Bonchev–Trinajstić information content (AvgIpc) is 2.88. The van der Waals surface area contributed by atoms with Crippen molar-refractivity contribution in [3.8, 4) is 0 Å². The lowest BCUT2D eigenvalue weighted by molar-refractivity contribution is -0.0346. The molecule has 3 aromatic rings. The largest absolute Gasteiger partial charge is 0.414 e. The lowest BCUT2D eigenvalue weighted by Gasteiger charge is -2.36. The first-order valence-electron chi connectivity index (χ1n) is 12.9. The summed E-state index contributed by atoms with van der Waals surface area (Å²) in [7, 11) is -1.72. The summed E-state index contributed by atoms with van der Waals surface area (Å²) in [6, 6.07) is 31.2. The fraction of sp³-hybridized carbons (Fsp3) is 0.419. The van der Waals surface area contributed by atoms with Crippen LogP contribution in [0.25, 0.3) is 0 Å². The van der Waals surface area contributed by atoms with E-state index in [1.807, 2.05) is 18.2 Å². The van der Waals surface area contributed by atoms with Crippen LogP contribution in [0.15, 0.2) is 91.0 Å². The summed E-state index contributed by atoms with van der Waals surface area (Å²) in [6.07, 6.45) is 0. The summed E-state index contributed by atoms with van der Waals surface area (Å²) in [5.41, 5.74) is 2.55. The van der Waals surface area contributed by atoms with Gasteiger partial charge >= 0.3 is 0 Å². The quantitative estimate of drug-likeness (QED) is 0.133. The molecule has 3 aromatic carbocycles. The summed E-state index contributed by atoms with van der Waals surface area (Å²) >= 11 is 0. The fourth-order valence-corrected chi connectivity index (χ4v) is 4.94. The van der Waals surface area contributed by atoms with E-state index in [1.165, 1.54) is 0 Å². The molecular weight excluding hydrogens is 464 g/mol. The van der Waals surface area contributed by atoms with E-state index in [-0.39, 0.29) is 5.04 Å². The second-order valence-electron chi connectivity index (χ2n) is 10.5. The molecule has 0 aromatic heterocycles. The van der Waals surface area contributed by atoms with Gasteiger partial charge in [0.15, 0.2) is 8.32 Å². The minimum absolute atomic E-state index is 0.213. The molecule has 3 rings (SSSR count). The Morgan fingerprint density at radius 3 is 1.28 bits per heavy atom. The van der Waals surface area contributed by atoms with Gasteiger partial charge in [-0.2, -0.15) is 0 Å². The highest BCUT2D eigenvalue weighted by Gasteiger charge is 2.38. The van der Waals surface area contributed by atoms with Gasteiger partial charge in [0.2, 0.25) is 0 Å². The van der Waals surface area contributed by atoms with E-state index < -0.39 is 13.9 Å². The Morgan fingerprint density at radius 1 is 0.528 bits per heavy atom. The smallest absolute Gasteiger partial charge is 0.192 e. The van der Waals surface area contributed by atoms with Crippen molar-refractivity contribution in [1.82, 2.24) is 0 Å². The van der Waals surface area contributed by atoms with Crippen molar-refractivity contribution in [3.05, 3.63) is 108 Å². The normalized spacial score (nSPS) is 12.6. The molecule has 0 N–H and O–H groups in total. The van der Waals surface area contributed by atoms with Gasteiger partial charge in [-0.1, -0.05) is 112 Å². The van der Waals surface area contributed by atoms with Crippen molar-refractivity contribution in [3.63, 3.8) is 0 Å². The monoisotopic (exact) mass is 506 g/mol. The SMILES string of the molecule is CC(C)(C)[Si](C)(C)OCCOCCOCCOC(c1ccccc1)(c1ccccc1)c1ccccc1. The maximum absolute atomic E-state index is 6.72. The van der Waals surface area contributed by atoms with E-state index >= 15 is 0 Å². The number of hydrogen-bond donors (Lipinski definition) is 0. The predicted molar refractivity (Wildman–Crippen MR) is 150 cm³/mol. The van der Waals surface area contributed by atoms with Crippen LogP contribution in [0.1, 0.15) is 37.5 Å². The Balaban J connectivity index is 1.55. The van der Waals surface area contributed by atoms with Crippen LogP contribution in [0, 0.1) is 0 Å². The van der Waals surface area contributed by atoms with Crippen molar-refractivity contribution in [2.45, 2.75) is 44.5 Å². The van der Waals surface area contributed by atoms with Crippen molar-refractivity contribution < 1.29 is 18.6 Å². The lowest BCUT2D eigenvalue weighted by Crippen LogP contribution is -2.41. The maximum atomic E-state index is 6.72. The van der Waals surface area contributed by atoms with Crippen LogP contribution < -0.4 is 0 Å². The number of hydrogen-bond acceptors (Lipinski definition) is 4. The molecule has 5 heteroatoms. The van der Waals surface area contributed by atoms with Gasteiger partial charge < -0.3 is 18.6 Å². The van der Waals surface area contributed by atoms with Gasteiger partial charge in [0, 0.05) is 0 Å². The van der Waals surface area contributed by atoms with Crippen LogP contribution in [-0.4, -0.2) is 48.0 Å². The van der Waals surface area contributed by atoms with E-state index in [0.717, 1.165) is 16.7 Å².